The van der Waals surface area contributed by atoms with Crippen molar-refractivity contribution in [1.82, 2.24) is 4.98 Å². The Labute approximate surface area is 108 Å². The molecule has 0 aromatic carbocycles. The van der Waals surface area contributed by atoms with Gasteiger partial charge >= 0.3 is 0 Å². The number of aromatic nitrogens is 1. The van der Waals surface area contributed by atoms with Crippen molar-refractivity contribution in [3.8, 4) is 5.88 Å². The van der Waals surface area contributed by atoms with Gasteiger partial charge in [0.25, 0.3) is 0 Å². The highest BCUT2D eigenvalue weighted by Gasteiger charge is 2.31. The number of anilines is 1. The lowest BCUT2D eigenvalue weighted by Gasteiger charge is -2.35. The van der Waals surface area contributed by atoms with Crippen LogP contribution >= 0.6 is 0 Å². The molecule has 0 spiro atoms. The van der Waals surface area contributed by atoms with Gasteiger partial charge in [-0.25, -0.2) is 0 Å². The predicted octanol–water partition coefficient (Wildman–Crippen LogP) is 2.44. The first-order valence-corrected chi connectivity index (χ1v) is 6.59. The largest absolute Gasteiger partial charge is 0.481 e. The molecule has 1 fully saturated rings. The average Bonchev–Trinajstić information content (AvgIpc) is 2.41. The maximum absolute atomic E-state index is 10.5. The lowest BCUT2D eigenvalue weighted by Crippen LogP contribution is -2.40. The maximum atomic E-state index is 10.5. The minimum absolute atomic E-state index is 0.555. The molecule has 4 nitrogen and oxygen atoms in total. The number of hydrogen-bond acceptors (Lipinski definition) is 4. The zero-order chi connectivity index (χ0) is 13.0. The molecule has 0 aliphatic heterocycles. The lowest BCUT2D eigenvalue weighted by atomic mass is 9.79. The molecule has 1 aromatic rings. The smallest absolute Gasteiger partial charge is 0.214 e. The van der Waals surface area contributed by atoms with Crippen LogP contribution in [0.15, 0.2) is 18.2 Å². The summed E-state index contributed by atoms with van der Waals surface area (Å²) in [5.41, 5.74) is -0.586. The third kappa shape index (κ3) is 3.35. The van der Waals surface area contributed by atoms with E-state index in [2.05, 4.69) is 17.2 Å². The number of aliphatic hydroxyl groups is 1. The molecule has 0 atom stereocenters. The Kier molecular flexibility index (Phi) is 4.07. The van der Waals surface area contributed by atoms with E-state index in [1.54, 1.807) is 7.11 Å². The zero-order valence-electron chi connectivity index (χ0n) is 11.1. The Morgan fingerprint density at radius 1 is 1.44 bits per heavy atom. The van der Waals surface area contributed by atoms with Crippen LogP contribution in [0.1, 0.15) is 32.6 Å². The summed E-state index contributed by atoms with van der Waals surface area (Å²) in [7, 11) is 1.60. The molecule has 0 amide bonds. The summed E-state index contributed by atoms with van der Waals surface area (Å²) in [6, 6.07) is 5.58. The van der Waals surface area contributed by atoms with Crippen LogP contribution in [-0.2, 0) is 0 Å². The van der Waals surface area contributed by atoms with Gasteiger partial charge in [-0.1, -0.05) is 13.0 Å². The normalized spacial score (nSPS) is 27.8. The van der Waals surface area contributed by atoms with E-state index in [0.29, 0.717) is 12.4 Å². The van der Waals surface area contributed by atoms with Crippen molar-refractivity contribution in [1.29, 1.82) is 0 Å². The molecule has 1 heterocycles. The van der Waals surface area contributed by atoms with E-state index in [4.69, 9.17) is 4.74 Å². The number of nitrogens with zero attached hydrogens (tertiary/aromatic N) is 1. The molecule has 2 rings (SSSR count). The van der Waals surface area contributed by atoms with Crippen LogP contribution in [0.2, 0.25) is 0 Å². The van der Waals surface area contributed by atoms with Gasteiger partial charge in [-0.05, 0) is 37.7 Å². The Balaban J connectivity index is 1.90. The van der Waals surface area contributed by atoms with Crippen LogP contribution in [0.4, 0.5) is 5.82 Å². The van der Waals surface area contributed by atoms with Gasteiger partial charge < -0.3 is 15.2 Å². The number of nitrogens with one attached hydrogen (secondary N) is 1. The van der Waals surface area contributed by atoms with Crippen molar-refractivity contribution in [3.63, 3.8) is 0 Å². The maximum Gasteiger partial charge on any atom is 0.214 e. The first-order valence-electron chi connectivity index (χ1n) is 6.59. The Bertz CT molecular complexity index is 387. The van der Waals surface area contributed by atoms with Crippen molar-refractivity contribution in [3.05, 3.63) is 18.2 Å². The number of methoxy groups -OCH3 is 1. The third-order valence-corrected chi connectivity index (χ3v) is 3.74. The van der Waals surface area contributed by atoms with Gasteiger partial charge in [-0.3, -0.25) is 0 Å². The molecule has 0 saturated heterocycles. The molecule has 2 N–H and O–H groups in total. The van der Waals surface area contributed by atoms with Gasteiger partial charge in [0.2, 0.25) is 5.88 Å². The van der Waals surface area contributed by atoms with Gasteiger partial charge in [0.05, 0.1) is 12.7 Å². The van der Waals surface area contributed by atoms with E-state index in [9.17, 15) is 5.11 Å². The number of pyridine rings is 1. The molecule has 4 heteroatoms. The monoisotopic (exact) mass is 250 g/mol. The van der Waals surface area contributed by atoms with E-state index in [1.165, 1.54) is 0 Å². The van der Waals surface area contributed by atoms with Crippen LogP contribution in [-0.4, -0.2) is 29.3 Å². The van der Waals surface area contributed by atoms with E-state index in [0.717, 1.165) is 37.4 Å². The molecule has 0 radical (unpaired) electrons. The summed E-state index contributed by atoms with van der Waals surface area (Å²) in [6.45, 7) is 2.80. The molecule has 1 aromatic heterocycles. The highest BCUT2D eigenvalue weighted by Crippen LogP contribution is 2.31. The minimum atomic E-state index is -0.586. The van der Waals surface area contributed by atoms with Crippen molar-refractivity contribution < 1.29 is 9.84 Å². The van der Waals surface area contributed by atoms with Crippen LogP contribution in [0.25, 0.3) is 0 Å². The molecule has 0 unspecified atom stereocenters. The summed E-state index contributed by atoms with van der Waals surface area (Å²) < 4.78 is 5.07. The first kappa shape index (κ1) is 13.1. The van der Waals surface area contributed by atoms with Crippen molar-refractivity contribution in [2.75, 3.05) is 19.0 Å². The average molecular weight is 250 g/mol. The Morgan fingerprint density at radius 2 is 2.17 bits per heavy atom. The van der Waals surface area contributed by atoms with Crippen LogP contribution in [0.3, 0.4) is 0 Å². The highest BCUT2D eigenvalue weighted by molar-refractivity contribution is 5.37. The van der Waals surface area contributed by atoms with Crippen LogP contribution in [0.5, 0.6) is 5.88 Å². The molecule has 1 aliphatic rings. The standard InChI is InChI=1S/C14H22N2O2/c1-11-6-8-14(17,9-7-11)10-15-12-4-3-5-13(16-12)18-2/h3-5,11,17H,6-10H2,1-2H3,(H,15,16). The van der Waals surface area contributed by atoms with E-state index < -0.39 is 5.60 Å². The first-order chi connectivity index (χ1) is 8.61. The quantitative estimate of drug-likeness (QED) is 0.862. The van der Waals surface area contributed by atoms with E-state index in [-0.39, 0.29) is 0 Å². The molecule has 0 bridgehead atoms. The Morgan fingerprint density at radius 3 is 2.83 bits per heavy atom. The topological polar surface area (TPSA) is 54.4 Å². The highest BCUT2D eigenvalue weighted by atomic mass is 16.5. The third-order valence-electron chi connectivity index (χ3n) is 3.74. The van der Waals surface area contributed by atoms with E-state index >= 15 is 0 Å². The molecular formula is C14H22N2O2. The second kappa shape index (κ2) is 5.57. The van der Waals surface area contributed by atoms with Crippen LogP contribution in [0, 0.1) is 5.92 Å². The number of ether oxygens (including phenoxy) is 1. The molecular weight excluding hydrogens is 228 g/mol. The number of rotatable bonds is 4. The summed E-state index contributed by atoms with van der Waals surface area (Å²) in [6.07, 6.45) is 3.93. The van der Waals surface area contributed by atoms with Crippen LogP contribution < -0.4 is 10.1 Å². The predicted molar refractivity (Wildman–Crippen MR) is 71.9 cm³/mol. The van der Waals surface area contributed by atoms with Gasteiger partial charge in [-0.15, -0.1) is 0 Å². The summed E-state index contributed by atoms with van der Waals surface area (Å²) in [5, 5.41) is 13.7. The summed E-state index contributed by atoms with van der Waals surface area (Å²) in [5.74, 6) is 2.07. The van der Waals surface area contributed by atoms with Gasteiger partial charge in [0.15, 0.2) is 0 Å². The fraction of sp³-hybridized carbons (Fsp3) is 0.643. The van der Waals surface area contributed by atoms with Gasteiger partial charge in [0.1, 0.15) is 5.82 Å². The molecule has 100 valence electrons. The van der Waals surface area contributed by atoms with Crippen molar-refractivity contribution >= 4 is 5.82 Å². The lowest BCUT2D eigenvalue weighted by molar-refractivity contribution is 0.00494. The second-order valence-electron chi connectivity index (χ2n) is 5.33. The Hall–Kier alpha value is -1.29. The number of hydrogen-bond donors (Lipinski definition) is 2. The summed E-state index contributed by atoms with van der Waals surface area (Å²) >= 11 is 0. The van der Waals surface area contributed by atoms with Gasteiger partial charge in [0, 0.05) is 12.6 Å². The SMILES string of the molecule is COc1cccc(NCC2(O)CCC(C)CC2)n1. The van der Waals surface area contributed by atoms with Crippen molar-refractivity contribution in [2.24, 2.45) is 5.92 Å². The second-order valence-corrected chi connectivity index (χ2v) is 5.33. The molecule has 1 saturated carbocycles. The summed E-state index contributed by atoms with van der Waals surface area (Å²) in [4.78, 5) is 4.28. The molecule has 1 aliphatic carbocycles. The minimum Gasteiger partial charge on any atom is -0.481 e. The fourth-order valence-corrected chi connectivity index (χ4v) is 2.36. The fourth-order valence-electron chi connectivity index (χ4n) is 2.36. The van der Waals surface area contributed by atoms with Gasteiger partial charge in [-0.2, -0.15) is 4.98 Å². The van der Waals surface area contributed by atoms with E-state index in [1.807, 2.05) is 18.2 Å². The molecule has 18 heavy (non-hydrogen) atoms. The van der Waals surface area contributed by atoms with Crippen molar-refractivity contribution in [2.45, 2.75) is 38.2 Å². The zero-order valence-corrected chi connectivity index (χ0v) is 11.1.